The van der Waals surface area contributed by atoms with E-state index in [0.717, 1.165) is 15.6 Å². The molecule has 4 heteroatoms. The third-order valence-electron chi connectivity index (χ3n) is 3.00. The van der Waals surface area contributed by atoms with Crippen molar-refractivity contribution in [3.63, 3.8) is 0 Å². The summed E-state index contributed by atoms with van der Waals surface area (Å²) in [5.74, 6) is 0. The maximum absolute atomic E-state index is 10.6. The van der Waals surface area contributed by atoms with Crippen molar-refractivity contribution in [1.29, 1.82) is 0 Å². The van der Waals surface area contributed by atoms with Crippen LogP contribution in [0, 0.1) is 0 Å². The van der Waals surface area contributed by atoms with Crippen molar-refractivity contribution in [3.05, 3.63) is 68.1 Å². The third-order valence-corrected chi connectivity index (χ3v) is 4.27. The summed E-state index contributed by atoms with van der Waals surface area (Å²) in [6.45, 7) is 1.77. The number of benzene rings is 2. The Balaban J connectivity index is 2.26. The molecule has 0 aliphatic heterocycles. The summed E-state index contributed by atoms with van der Waals surface area (Å²) in [5.41, 5.74) is 0.825. The van der Waals surface area contributed by atoms with Gasteiger partial charge in [-0.1, -0.05) is 57.3 Å². The lowest BCUT2D eigenvalue weighted by Gasteiger charge is -2.24. The molecule has 100 valence electrons. The largest absolute Gasteiger partial charge is 0.385 e. The summed E-state index contributed by atoms with van der Waals surface area (Å²) in [6.07, 6.45) is 0.512. The topological polar surface area (TPSA) is 20.2 Å². The summed E-state index contributed by atoms with van der Waals surface area (Å²) in [5, 5.41) is 11.6. The first-order valence-electron chi connectivity index (χ1n) is 5.81. The molecule has 19 heavy (non-hydrogen) atoms. The number of hydrogen-bond donors (Lipinski definition) is 1. The van der Waals surface area contributed by atoms with E-state index in [-0.39, 0.29) is 0 Å². The van der Waals surface area contributed by atoms with Crippen molar-refractivity contribution in [2.24, 2.45) is 0 Å². The van der Waals surface area contributed by atoms with Crippen molar-refractivity contribution >= 4 is 39.1 Å². The first-order chi connectivity index (χ1) is 8.88. The second-order valence-corrected chi connectivity index (χ2v) is 6.44. The van der Waals surface area contributed by atoms with E-state index in [1.54, 1.807) is 25.1 Å². The lowest BCUT2D eigenvalue weighted by molar-refractivity contribution is 0.0576. The molecule has 0 amide bonds. The standard InChI is InChI=1S/C15H13BrCl2O/c1-15(19,9-10-2-5-12(16)6-3-10)11-4-7-13(17)14(18)8-11/h2-8,19H,9H2,1H3. The van der Waals surface area contributed by atoms with Crippen LogP contribution >= 0.6 is 39.1 Å². The molecule has 0 saturated heterocycles. The van der Waals surface area contributed by atoms with Crippen molar-refractivity contribution in [1.82, 2.24) is 0 Å². The van der Waals surface area contributed by atoms with Gasteiger partial charge in [0.1, 0.15) is 0 Å². The van der Waals surface area contributed by atoms with E-state index in [2.05, 4.69) is 15.9 Å². The molecule has 0 aromatic heterocycles. The second kappa shape index (κ2) is 5.84. The fourth-order valence-corrected chi connectivity index (χ4v) is 2.50. The van der Waals surface area contributed by atoms with Crippen LogP contribution in [0.2, 0.25) is 10.0 Å². The van der Waals surface area contributed by atoms with Crippen LogP contribution in [-0.4, -0.2) is 5.11 Å². The maximum atomic E-state index is 10.6. The quantitative estimate of drug-likeness (QED) is 0.797. The zero-order chi connectivity index (χ0) is 14.0. The Hall–Kier alpha value is -0.540. The molecule has 1 nitrogen and oxygen atoms in total. The molecule has 0 bridgehead atoms. The Morgan fingerprint density at radius 1 is 1.05 bits per heavy atom. The second-order valence-electron chi connectivity index (χ2n) is 4.71. The molecule has 0 radical (unpaired) electrons. The van der Waals surface area contributed by atoms with Gasteiger partial charge >= 0.3 is 0 Å². The lowest BCUT2D eigenvalue weighted by Crippen LogP contribution is -2.24. The van der Waals surface area contributed by atoms with E-state index in [9.17, 15) is 5.11 Å². The molecule has 2 rings (SSSR count). The summed E-state index contributed by atoms with van der Waals surface area (Å²) in [6, 6.07) is 13.1. The Bertz CT molecular complexity index is 579. The van der Waals surface area contributed by atoms with Gasteiger partial charge in [0, 0.05) is 10.9 Å². The average Bonchev–Trinajstić information content (AvgIpc) is 2.35. The van der Waals surface area contributed by atoms with Crippen LogP contribution in [-0.2, 0) is 12.0 Å². The Morgan fingerprint density at radius 2 is 1.68 bits per heavy atom. The van der Waals surface area contributed by atoms with Gasteiger partial charge in [-0.3, -0.25) is 0 Å². The molecule has 0 saturated carbocycles. The molecule has 0 heterocycles. The summed E-state index contributed by atoms with van der Waals surface area (Å²) >= 11 is 15.3. The zero-order valence-corrected chi connectivity index (χ0v) is 13.4. The fourth-order valence-electron chi connectivity index (χ4n) is 1.93. The number of rotatable bonds is 3. The number of aliphatic hydroxyl groups is 1. The Labute approximate surface area is 131 Å². The molecule has 0 spiro atoms. The van der Waals surface area contributed by atoms with Crippen molar-refractivity contribution in [2.75, 3.05) is 0 Å². The molecule has 0 fully saturated rings. The van der Waals surface area contributed by atoms with Crippen LogP contribution in [0.25, 0.3) is 0 Å². The highest BCUT2D eigenvalue weighted by Gasteiger charge is 2.24. The van der Waals surface area contributed by atoms with E-state index < -0.39 is 5.60 Å². The smallest absolute Gasteiger partial charge is 0.0909 e. The molecule has 2 aromatic rings. The minimum Gasteiger partial charge on any atom is -0.385 e. The van der Waals surface area contributed by atoms with Gasteiger partial charge in [0.05, 0.1) is 15.6 Å². The molecular weight excluding hydrogens is 347 g/mol. The highest BCUT2D eigenvalue weighted by atomic mass is 79.9. The van der Waals surface area contributed by atoms with Gasteiger partial charge in [-0.05, 0) is 42.3 Å². The number of halogens is 3. The minimum absolute atomic E-state index is 0.454. The van der Waals surface area contributed by atoms with Crippen LogP contribution in [0.4, 0.5) is 0 Å². The van der Waals surface area contributed by atoms with Gasteiger partial charge in [-0.25, -0.2) is 0 Å². The van der Waals surface area contributed by atoms with E-state index >= 15 is 0 Å². The fraction of sp³-hybridized carbons (Fsp3) is 0.200. The molecule has 0 aliphatic carbocycles. The highest BCUT2D eigenvalue weighted by Crippen LogP contribution is 2.31. The minimum atomic E-state index is -0.984. The summed E-state index contributed by atoms with van der Waals surface area (Å²) in [7, 11) is 0. The molecule has 1 N–H and O–H groups in total. The van der Waals surface area contributed by atoms with Crippen LogP contribution in [0.5, 0.6) is 0 Å². The van der Waals surface area contributed by atoms with E-state index in [4.69, 9.17) is 23.2 Å². The normalized spacial score (nSPS) is 14.2. The predicted molar refractivity (Wildman–Crippen MR) is 83.9 cm³/mol. The molecule has 2 aromatic carbocycles. The van der Waals surface area contributed by atoms with Gasteiger partial charge in [0.15, 0.2) is 0 Å². The summed E-state index contributed by atoms with van der Waals surface area (Å²) < 4.78 is 1.02. The van der Waals surface area contributed by atoms with Crippen LogP contribution in [0.1, 0.15) is 18.1 Å². The van der Waals surface area contributed by atoms with Crippen LogP contribution in [0.3, 0.4) is 0 Å². The first-order valence-corrected chi connectivity index (χ1v) is 7.36. The highest BCUT2D eigenvalue weighted by molar-refractivity contribution is 9.10. The van der Waals surface area contributed by atoms with Gasteiger partial charge in [0.25, 0.3) is 0 Å². The zero-order valence-electron chi connectivity index (χ0n) is 10.3. The van der Waals surface area contributed by atoms with Gasteiger partial charge in [-0.15, -0.1) is 0 Å². The number of hydrogen-bond acceptors (Lipinski definition) is 1. The van der Waals surface area contributed by atoms with E-state index in [1.807, 2.05) is 24.3 Å². The van der Waals surface area contributed by atoms with Gasteiger partial charge in [0.2, 0.25) is 0 Å². The average molecular weight is 360 g/mol. The van der Waals surface area contributed by atoms with Crippen molar-refractivity contribution in [2.45, 2.75) is 18.9 Å². The monoisotopic (exact) mass is 358 g/mol. The summed E-state index contributed by atoms with van der Waals surface area (Å²) in [4.78, 5) is 0. The maximum Gasteiger partial charge on any atom is 0.0909 e. The molecule has 1 unspecified atom stereocenters. The van der Waals surface area contributed by atoms with Gasteiger partial charge < -0.3 is 5.11 Å². The van der Waals surface area contributed by atoms with Crippen molar-refractivity contribution in [3.8, 4) is 0 Å². The first kappa shape index (κ1) is 14.9. The predicted octanol–water partition coefficient (Wildman–Crippen LogP) is 5.21. The Kier molecular flexibility index (Phi) is 4.57. The van der Waals surface area contributed by atoms with Gasteiger partial charge in [-0.2, -0.15) is 0 Å². The van der Waals surface area contributed by atoms with Crippen LogP contribution < -0.4 is 0 Å². The Morgan fingerprint density at radius 3 is 2.26 bits per heavy atom. The van der Waals surface area contributed by atoms with E-state index in [0.29, 0.717) is 16.5 Å². The van der Waals surface area contributed by atoms with E-state index in [1.165, 1.54) is 0 Å². The third kappa shape index (κ3) is 3.73. The molecule has 0 aliphatic rings. The lowest BCUT2D eigenvalue weighted by atomic mass is 9.89. The molecule has 1 atom stereocenters. The van der Waals surface area contributed by atoms with Crippen LogP contribution in [0.15, 0.2) is 46.9 Å². The molecular formula is C15H13BrCl2O. The SMILES string of the molecule is CC(O)(Cc1ccc(Br)cc1)c1ccc(Cl)c(Cl)c1. The van der Waals surface area contributed by atoms with Crippen molar-refractivity contribution < 1.29 is 5.11 Å².